The molecular formula is C12H13Br3O. The monoisotopic (exact) mass is 410 g/mol. The molecule has 0 radical (unpaired) electrons. The molecule has 0 aromatic heterocycles. The van der Waals surface area contributed by atoms with E-state index in [0.29, 0.717) is 6.42 Å². The van der Waals surface area contributed by atoms with E-state index in [2.05, 4.69) is 47.8 Å². The topological polar surface area (TPSA) is 17.1 Å². The zero-order valence-corrected chi connectivity index (χ0v) is 13.9. The van der Waals surface area contributed by atoms with Gasteiger partial charge in [-0.05, 0) is 24.1 Å². The number of hydrogen-bond donors (Lipinski definition) is 0. The Bertz CT molecular complexity index is 388. The summed E-state index contributed by atoms with van der Waals surface area (Å²) in [6.07, 6.45) is 0.713. The maximum absolute atomic E-state index is 11.8. The molecule has 0 aliphatic heterocycles. The number of hydrogen-bond acceptors (Lipinski definition) is 1. The van der Waals surface area contributed by atoms with Crippen molar-refractivity contribution in [1.29, 1.82) is 0 Å². The lowest BCUT2D eigenvalue weighted by molar-refractivity contribution is -0.121. The lowest BCUT2D eigenvalue weighted by atomic mass is 10.0. The van der Waals surface area contributed by atoms with Gasteiger partial charge in [0.2, 0.25) is 0 Å². The van der Waals surface area contributed by atoms with Gasteiger partial charge in [-0.2, -0.15) is 0 Å². The molecule has 0 aliphatic carbocycles. The van der Waals surface area contributed by atoms with Crippen LogP contribution in [0.2, 0.25) is 0 Å². The van der Waals surface area contributed by atoms with Gasteiger partial charge in [0.1, 0.15) is 5.78 Å². The largest absolute Gasteiger partial charge is 0.298 e. The van der Waals surface area contributed by atoms with Crippen molar-refractivity contribution in [3.63, 3.8) is 0 Å². The molecule has 0 saturated carbocycles. The van der Waals surface area contributed by atoms with Crippen LogP contribution in [0.4, 0.5) is 0 Å². The molecule has 1 nitrogen and oxygen atoms in total. The first-order chi connectivity index (χ1) is 7.41. The molecule has 88 valence electrons. The summed E-state index contributed by atoms with van der Waals surface area (Å²) in [6, 6.07) is 6.00. The van der Waals surface area contributed by atoms with Gasteiger partial charge in [0, 0.05) is 14.9 Å². The third-order valence-corrected chi connectivity index (χ3v) is 4.30. The lowest BCUT2D eigenvalue weighted by Crippen LogP contribution is -2.21. The minimum absolute atomic E-state index is 0.0681. The summed E-state index contributed by atoms with van der Waals surface area (Å²) in [5.74, 6) is 0.313. The molecule has 0 bridgehead atoms. The number of carbonyl (C=O) groups is 1. The van der Waals surface area contributed by atoms with Gasteiger partial charge in [-0.1, -0.05) is 67.7 Å². The van der Waals surface area contributed by atoms with Crippen molar-refractivity contribution >= 4 is 53.6 Å². The second-order valence-corrected chi connectivity index (χ2v) is 6.84. The minimum atomic E-state index is -0.107. The second-order valence-electron chi connectivity index (χ2n) is 3.96. The Balaban J connectivity index is 2.77. The van der Waals surface area contributed by atoms with Crippen LogP contribution >= 0.6 is 47.8 Å². The molecule has 1 atom stereocenters. The Kier molecular flexibility index (Phi) is 5.68. The lowest BCUT2D eigenvalue weighted by Gasteiger charge is -2.12. The third kappa shape index (κ3) is 3.97. The first-order valence-corrected chi connectivity index (χ1v) is 7.53. The molecule has 1 unspecified atom stereocenters. The molecule has 1 aromatic carbocycles. The average molecular weight is 413 g/mol. The van der Waals surface area contributed by atoms with Crippen molar-refractivity contribution in [3.05, 3.63) is 32.7 Å². The van der Waals surface area contributed by atoms with Gasteiger partial charge in [0.05, 0.1) is 4.83 Å². The summed E-state index contributed by atoms with van der Waals surface area (Å²) in [4.78, 5) is 11.6. The van der Waals surface area contributed by atoms with Crippen LogP contribution in [-0.2, 0) is 11.2 Å². The molecule has 0 N–H and O–H groups in total. The van der Waals surface area contributed by atoms with Gasteiger partial charge < -0.3 is 0 Å². The number of halogens is 3. The van der Waals surface area contributed by atoms with E-state index >= 15 is 0 Å². The van der Waals surface area contributed by atoms with Crippen LogP contribution in [0.5, 0.6) is 0 Å². The van der Waals surface area contributed by atoms with E-state index in [-0.39, 0.29) is 16.5 Å². The predicted octanol–water partition coefficient (Wildman–Crippen LogP) is 4.74. The second kappa shape index (κ2) is 6.31. The molecule has 0 heterocycles. The van der Waals surface area contributed by atoms with Crippen molar-refractivity contribution in [2.45, 2.75) is 25.1 Å². The van der Waals surface area contributed by atoms with E-state index in [1.165, 1.54) is 0 Å². The van der Waals surface area contributed by atoms with Gasteiger partial charge in [0.15, 0.2) is 0 Å². The van der Waals surface area contributed by atoms with Gasteiger partial charge in [-0.25, -0.2) is 0 Å². The Morgan fingerprint density at radius 3 is 2.44 bits per heavy atom. The molecule has 0 fully saturated rings. The Hall–Kier alpha value is 0.330. The molecule has 1 rings (SSSR count). The average Bonchev–Trinajstić information content (AvgIpc) is 2.20. The standard InChI is InChI=1S/C12H13Br3O/c1-7(2)12(16)11(15)5-8-3-4-9(13)6-10(8)14/h3-4,6-7,11H,5H2,1-2H3. The summed E-state index contributed by atoms with van der Waals surface area (Å²) in [7, 11) is 0. The zero-order valence-electron chi connectivity index (χ0n) is 9.14. The van der Waals surface area contributed by atoms with E-state index in [1.54, 1.807) is 0 Å². The highest BCUT2D eigenvalue weighted by Crippen LogP contribution is 2.25. The fourth-order valence-corrected chi connectivity index (χ4v) is 3.43. The van der Waals surface area contributed by atoms with E-state index in [0.717, 1.165) is 14.5 Å². The predicted molar refractivity (Wildman–Crippen MR) is 78.1 cm³/mol. The first kappa shape index (κ1) is 14.4. The third-order valence-electron chi connectivity index (χ3n) is 2.29. The van der Waals surface area contributed by atoms with Crippen LogP contribution < -0.4 is 0 Å². The quantitative estimate of drug-likeness (QED) is 0.652. The van der Waals surface area contributed by atoms with Gasteiger partial charge in [0.25, 0.3) is 0 Å². The van der Waals surface area contributed by atoms with Crippen LogP contribution in [0.1, 0.15) is 19.4 Å². The van der Waals surface area contributed by atoms with Crippen LogP contribution in [0.15, 0.2) is 27.1 Å². The number of alkyl halides is 1. The maximum atomic E-state index is 11.8. The molecule has 0 saturated heterocycles. The summed E-state index contributed by atoms with van der Waals surface area (Å²) >= 11 is 10.4. The smallest absolute Gasteiger partial charge is 0.149 e. The minimum Gasteiger partial charge on any atom is -0.298 e. The van der Waals surface area contributed by atoms with E-state index in [1.807, 2.05) is 32.0 Å². The molecule has 16 heavy (non-hydrogen) atoms. The molecular weight excluding hydrogens is 400 g/mol. The molecule has 1 aromatic rings. The van der Waals surface area contributed by atoms with Crippen LogP contribution in [0.25, 0.3) is 0 Å². The van der Waals surface area contributed by atoms with Gasteiger partial charge in [-0.3, -0.25) is 4.79 Å². The number of benzene rings is 1. The van der Waals surface area contributed by atoms with Crippen LogP contribution in [0.3, 0.4) is 0 Å². The fourth-order valence-electron chi connectivity index (χ4n) is 1.34. The number of carbonyl (C=O) groups excluding carboxylic acids is 1. The van der Waals surface area contributed by atoms with E-state index < -0.39 is 0 Å². The summed E-state index contributed by atoms with van der Waals surface area (Å²) in [5.41, 5.74) is 1.14. The van der Waals surface area contributed by atoms with Crippen molar-refractivity contribution in [3.8, 4) is 0 Å². The van der Waals surface area contributed by atoms with E-state index in [4.69, 9.17) is 0 Å². The number of Topliss-reactive ketones (excluding diaryl/α,β-unsaturated/α-hetero) is 1. The van der Waals surface area contributed by atoms with Crippen LogP contribution in [0, 0.1) is 5.92 Å². The van der Waals surface area contributed by atoms with Gasteiger partial charge >= 0.3 is 0 Å². The van der Waals surface area contributed by atoms with Crippen molar-refractivity contribution in [2.24, 2.45) is 5.92 Å². The van der Waals surface area contributed by atoms with Crippen molar-refractivity contribution < 1.29 is 4.79 Å². The first-order valence-electron chi connectivity index (χ1n) is 5.03. The number of ketones is 1. The number of rotatable bonds is 4. The highest BCUT2D eigenvalue weighted by molar-refractivity contribution is 9.11. The molecule has 0 aliphatic rings. The Morgan fingerprint density at radius 1 is 1.31 bits per heavy atom. The summed E-state index contributed by atoms with van der Waals surface area (Å²) < 4.78 is 2.06. The Morgan fingerprint density at radius 2 is 1.94 bits per heavy atom. The highest BCUT2D eigenvalue weighted by atomic mass is 79.9. The highest BCUT2D eigenvalue weighted by Gasteiger charge is 2.19. The summed E-state index contributed by atoms with van der Waals surface area (Å²) in [6.45, 7) is 3.85. The normalized spacial score (nSPS) is 12.9. The van der Waals surface area contributed by atoms with E-state index in [9.17, 15) is 4.79 Å². The fraction of sp³-hybridized carbons (Fsp3) is 0.417. The molecule has 0 amide bonds. The van der Waals surface area contributed by atoms with Gasteiger partial charge in [-0.15, -0.1) is 0 Å². The summed E-state index contributed by atoms with van der Waals surface area (Å²) in [5, 5.41) is 0. The van der Waals surface area contributed by atoms with Crippen LogP contribution in [-0.4, -0.2) is 10.6 Å². The SMILES string of the molecule is CC(C)C(=O)C(Br)Cc1ccc(Br)cc1Br. The van der Waals surface area contributed by atoms with Crippen molar-refractivity contribution in [1.82, 2.24) is 0 Å². The van der Waals surface area contributed by atoms with Crippen molar-refractivity contribution in [2.75, 3.05) is 0 Å². The maximum Gasteiger partial charge on any atom is 0.149 e. The molecule has 0 spiro atoms. The Labute approximate surface area is 121 Å². The zero-order chi connectivity index (χ0) is 12.3. The molecule has 4 heteroatoms.